The lowest BCUT2D eigenvalue weighted by atomic mass is 10.2. The van der Waals surface area contributed by atoms with Crippen molar-refractivity contribution < 1.29 is 0 Å². The van der Waals surface area contributed by atoms with Crippen LogP contribution in [0.4, 0.5) is 0 Å². The molecule has 0 saturated heterocycles. The molecule has 0 aliphatic carbocycles. The first-order valence-corrected chi connectivity index (χ1v) is 9.11. The number of thioether (sulfide) groups is 1. The van der Waals surface area contributed by atoms with Gasteiger partial charge in [-0.3, -0.25) is 0 Å². The number of hydrogen-bond acceptors (Lipinski definition) is 5. The van der Waals surface area contributed by atoms with Crippen LogP contribution in [0.3, 0.4) is 0 Å². The molecule has 0 amide bonds. The molecule has 4 aromatic rings. The molecule has 0 aliphatic heterocycles. The largest absolute Gasteiger partial charge is 0.323 e. The van der Waals surface area contributed by atoms with Gasteiger partial charge in [0, 0.05) is 18.6 Å². The van der Waals surface area contributed by atoms with Gasteiger partial charge in [0.05, 0.1) is 16.8 Å². The van der Waals surface area contributed by atoms with Gasteiger partial charge in [0.25, 0.3) is 0 Å². The van der Waals surface area contributed by atoms with Gasteiger partial charge in [-0.1, -0.05) is 53.7 Å². The summed E-state index contributed by atoms with van der Waals surface area (Å²) in [5, 5.41) is 13.0. The molecule has 0 saturated carbocycles. The van der Waals surface area contributed by atoms with Crippen molar-refractivity contribution in [3.63, 3.8) is 0 Å². The molecule has 6 nitrogen and oxygen atoms in total. The molecule has 25 heavy (non-hydrogen) atoms. The van der Waals surface area contributed by atoms with Crippen molar-refractivity contribution in [3.8, 4) is 0 Å². The van der Waals surface area contributed by atoms with E-state index in [0.29, 0.717) is 10.8 Å². The highest BCUT2D eigenvalue weighted by Gasteiger charge is 2.13. The van der Waals surface area contributed by atoms with Crippen molar-refractivity contribution in [2.45, 2.75) is 17.5 Å². The van der Waals surface area contributed by atoms with Gasteiger partial charge in [-0.05, 0) is 34.2 Å². The van der Waals surface area contributed by atoms with E-state index in [-0.39, 0.29) is 0 Å². The Morgan fingerprint density at radius 3 is 2.72 bits per heavy atom. The zero-order chi connectivity index (χ0) is 17.2. The fourth-order valence-electron chi connectivity index (χ4n) is 2.68. The second-order valence-corrected chi connectivity index (χ2v) is 6.99. The molecular weight excluding hydrogens is 356 g/mol. The Labute approximate surface area is 153 Å². The van der Waals surface area contributed by atoms with Crippen LogP contribution >= 0.6 is 23.4 Å². The van der Waals surface area contributed by atoms with Crippen molar-refractivity contribution in [1.82, 2.24) is 29.8 Å². The molecule has 126 valence electrons. The maximum absolute atomic E-state index is 6.14. The lowest BCUT2D eigenvalue weighted by Crippen LogP contribution is -2.05. The first kappa shape index (κ1) is 16.1. The summed E-state index contributed by atoms with van der Waals surface area (Å²) in [6, 6.07) is 16.2. The van der Waals surface area contributed by atoms with E-state index in [1.54, 1.807) is 16.4 Å². The van der Waals surface area contributed by atoms with Gasteiger partial charge in [0.1, 0.15) is 5.82 Å². The van der Waals surface area contributed by atoms with E-state index in [9.17, 15) is 0 Å². The van der Waals surface area contributed by atoms with Gasteiger partial charge in [-0.25, -0.2) is 9.67 Å². The molecule has 4 rings (SSSR count). The third kappa shape index (κ3) is 3.38. The first-order valence-electron chi connectivity index (χ1n) is 7.74. The molecule has 0 atom stereocenters. The predicted octanol–water partition coefficient (Wildman–Crippen LogP) is 3.55. The number of nitrogens with zero attached hydrogens (tertiary/aromatic N) is 6. The van der Waals surface area contributed by atoms with E-state index in [1.807, 2.05) is 43.4 Å². The average molecular weight is 371 g/mol. The monoisotopic (exact) mass is 370 g/mol. The Hall–Kier alpha value is -2.38. The Morgan fingerprint density at radius 1 is 1.12 bits per heavy atom. The third-order valence-electron chi connectivity index (χ3n) is 3.88. The van der Waals surface area contributed by atoms with E-state index in [1.165, 1.54) is 5.56 Å². The topological polar surface area (TPSA) is 61.4 Å². The zero-order valence-corrected chi connectivity index (χ0v) is 15.1. The summed E-state index contributed by atoms with van der Waals surface area (Å²) in [5.74, 6) is 1.64. The summed E-state index contributed by atoms with van der Waals surface area (Å²) in [4.78, 5) is 4.78. The van der Waals surface area contributed by atoms with Crippen LogP contribution < -0.4 is 0 Å². The van der Waals surface area contributed by atoms with Crippen LogP contribution in [-0.4, -0.2) is 29.8 Å². The minimum Gasteiger partial charge on any atom is -0.323 e. The summed E-state index contributed by atoms with van der Waals surface area (Å²) in [5.41, 5.74) is 3.19. The van der Waals surface area contributed by atoms with Crippen LogP contribution in [0.25, 0.3) is 11.0 Å². The lowest BCUT2D eigenvalue weighted by molar-refractivity contribution is 0.664. The van der Waals surface area contributed by atoms with Crippen molar-refractivity contribution >= 4 is 34.4 Å². The van der Waals surface area contributed by atoms with E-state index in [2.05, 4.69) is 32.2 Å². The molecule has 2 aromatic carbocycles. The zero-order valence-electron chi connectivity index (χ0n) is 13.5. The number of hydrogen-bond donors (Lipinski definition) is 0. The maximum atomic E-state index is 6.14. The van der Waals surface area contributed by atoms with Crippen LogP contribution in [0.15, 0.2) is 53.7 Å². The van der Waals surface area contributed by atoms with E-state index in [4.69, 9.17) is 16.6 Å². The molecule has 8 heteroatoms. The molecule has 0 N–H and O–H groups in total. The summed E-state index contributed by atoms with van der Waals surface area (Å²) in [7, 11) is 1.83. The number of aromatic nitrogens is 6. The second-order valence-electron chi connectivity index (χ2n) is 5.61. The number of benzene rings is 2. The van der Waals surface area contributed by atoms with Crippen molar-refractivity contribution in [3.05, 3.63) is 64.9 Å². The number of tetrazole rings is 1. The van der Waals surface area contributed by atoms with Gasteiger partial charge < -0.3 is 4.57 Å². The van der Waals surface area contributed by atoms with Crippen LogP contribution in [-0.2, 0) is 19.3 Å². The number of rotatable bonds is 5. The minimum absolute atomic E-state index is 0.674. The third-order valence-corrected chi connectivity index (χ3v) is 5.13. The molecule has 0 fully saturated rings. The summed E-state index contributed by atoms with van der Waals surface area (Å²) in [6.45, 7) is 0.756. The Balaban J connectivity index is 1.71. The van der Waals surface area contributed by atoms with Crippen molar-refractivity contribution in [2.75, 3.05) is 0 Å². The summed E-state index contributed by atoms with van der Waals surface area (Å²) < 4.78 is 3.88. The highest BCUT2D eigenvalue weighted by atomic mass is 35.5. The fraction of sp³-hybridized carbons (Fsp3) is 0.176. The Morgan fingerprint density at radius 2 is 1.96 bits per heavy atom. The summed E-state index contributed by atoms with van der Waals surface area (Å²) >= 11 is 7.70. The molecule has 0 unspecified atom stereocenters. The molecule has 0 radical (unpaired) electrons. The van der Waals surface area contributed by atoms with Crippen LogP contribution in [0.2, 0.25) is 5.02 Å². The number of imidazole rings is 1. The lowest BCUT2D eigenvalue weighted by Gasteiger charge is -2.09. The van der Waals surface area contributed by atoms with Crippen molar-refractivity contribution in [2.24, 2.45) is 7.05 Å². The number of halogens is 1. The van der Waals surface area contributed by atoms with Gasteiger partial charge in [0.2, 0.25) is 5.16 Å². The molecular formula is C17H15ClN6S. The molecule has 2 heterocycles. The van der Waals surface area contributed by atoms with Gasteiger partial charge in [0.15, 0.2) is 0 Å². The molecule has 2 aromatic heterocycles. The number of fused-ring (bicyclic) bond motifs is 1. The van der Waals surface area contributed by atoms with Crippen LogP contribution in [0.1, 0.15) is 11.4 Å². The number of aryl methyl sites for hydroxylation is 1. The van der Waals surface area contributed by atoms with Crippen LogP contribution in [0, 0.1) is 0 Å². The smallest absolute Gasteiger partial charge is 0.209 e. The Kier molecular flexibility index (Phi) is 4.42. The predicted molar refractivity (Wildman–Crippen MR) is 98.6 cm³/mol. The highest BCUT2D eigenvalue weighted by molar-refractivity contribution is 7.98. The Bertz CT molecular complexity index is 1010. The van der Waals surface area contributed by atoms with Crippen LogP contribution in [0.5, 0.6) is 0 Å². The van der Waals surface area contributed by atoms with Gasteiger partial charge in [-0.2, -0.15) is 0 Å². The minimum atomic E-state index is 0.674. The van der Waals surface area contributed by atoms with Crippen molar-refractivity contribution in [1.29, 1.82) is 0 Å². The van der Waals surface area contributed by atoms with Gasteiger partial charge in [-0.15, -0.1) is 5.10 Å². The van der Waals surface area contributed by atoms with Gasteiger partial charge >= 0.3 is 0 Å². The maximum Gasteiger partial charge on any atom is 0.209 e. The first-order chi connectivity index (χ1) is 12.2. The molecule has 0 bridgehead atoms. The molecule has 0 aliphatic rings. The fourth-order valence-corrected chi connectivity index (χ4v) is 3.64. The highest BCUT2D eigenvalue weighted by Crippen LogP contribution is 2.26. The second kappa shape index (κ2) is 6.85. The summed E-state index contributed by atoms with van der Waals surface area (Å²) in [6.07, 6.45) is 0. The van der Waals surface area contributed by atoms with E-state index >= 15 is 0 Å². The SMILES string of the molecule is Cn1nnnc1SCc1nc2cc(Cl)ccc2n1Cc1ccccc1. The standard InChI is InChI=1S/C17H15ClN6S/c1-23-17(20-21-22-23)25-11-16-19-14-9-13(18)7-8-15(14)24(16)10-12-5-3-2-4-6-12/h2-9H,10-11H2,1H3. The van der Waals surface area contributed by atoms with E-state index < -0.39 is 0 Å². The average Bonchev–Trinajstić information content (AvgIpc) is 3.17. The normalized spacial score (nSPS) is 11.3. The molecule has 0 spiro atoms. The van der Waals surface area contributed by atoms with E-state index in [0.717, 1.165) is 28.6 Å². The quantitative estimate of drug-likeness (QED) is 0.503.